The summed E-state index contributed by atoms with van der Waals surface area (Å²) in [5.41, 5.74) is 5.82. The molecule has 2 amide bonds. The average molecular weight is 604 g/mol. The van der Waals surface area contributed by atoms with Crippen LogP contribution in [0.15, 0.2) is 61.1 Å². The van der Waals surface area contributed by atoms with Crippen molar-refractivity contribution in [3.63, 3.8) is 0 Å². The van der Waals surface area contributed by atoms with Crippen LogP contribution in [0.25, 0.3) is 22.2 Å². The topological polar surface area (TPSA) is 97.9 Å². The van der Waals surface area contributed by atoms with Gasteiger partial charge in [-0.25, -0.2) is 14.8 Å². The highest BCUT2D eigenvalue weighted by atomic mass is 19.4. The number of nitrogens with one attached hydrogen (secondary N) is 2. The Morgan fingerprint density at radius 1 is 0.857 bits per heavy atom. The summed E-state index contributed by atoms with van der Waals surface area (Å²) in [4.78, 5) is 20.7. The second-order valence-electron chi connectivity index (χ2n) is 9.46. The summed E-state index contributed by atoms with van der Waals surface area (Å²) in [7, 11) is 0. The molecule has 16 heteroatoms. The number of anilines is 3. The van der Waals surface area contributed by atoms with Crippen LogP contribution in [0.4, 0.5) is 61.5 Å². The van der Waals surface area contributed by atoms with Gasteiger partial charge in [-0.15, -0.1) is 0 Å². The lowest BCUT2D eigenvalue weighted by atomic mass is 9.96. The van der Waals surface area contributed by atoms with Gasteiger partial charge in [-0.05, 0) is 43.7 Å². The molecule has 224 valence electrons. The highest BCUT2D eigenvalue weighted by Crippen LogP contribution is 2.56. The van der Waals surface area contributed by atoms with Gasteiger partial charge in [0, 0.05) is 34.7 Å². The number of benzene rings is 2. The standard InChI is InChI=1S/C26H21F9N6O/c1-13(2)41-11-18(19-20(36)37-12-38-21(19)41)14-6-8-16(9-7-14)39-22(42)40-17-5-3-4-15(10-17)23(27,28)24(29,30)25(31,32)26(33,34)35/h3-13H,1-2H3,(H2,36,37,38)(H2,39,40,42). The number of hydrogen-bond donors (Lipinski definition) is 3. The fraction of sp³-hybridized carbons (Fsp3) is 0.269. The molecule has 4 rings (SSSR count). The van der Waals surface area contributed by atoms with Crippen LogP contribution in [0.3, 0.4) is 0 Å². The summed E-state index contributed by atoms with van der Waals surface area (Å²) in [5.74, 6) is -19.6. The highest BCUT2D eigenvalue weighted by molar-refractivity contribution is 6.02. The Morgan fingerprint density at radius 2 is 1.48 bits per heavy atom. The molecular weight excluding hydrogens is 583 g/mol. The van der Waals surface area contributed by atoms with Crippen molar-refractivity contribution in [2.24, 2.45) is 0 Å². The minimum absolute atomic E-state index is 0.0472. The van der Waals surface area contributed by atoms with Crippen LogP contribution in [0.2, 0.25) is 0 Å². The van der Waals surface area contributed by atoms with E-state index in [1.54, 1.807) is 12.1 Å². The molecule has 2 aromatic heterocycles. The van der Waals surface area contributed by atoms with E-state index in [1.807, 2.05) is 29.9 Å². The molecule has 0 saturated carbocycles. The van der Waals surface area contributed by atoms with Crippen molar-refractivity contribution in [2.75, 3.05) is 16.4 Å². The van der Waals surface area contributed by atoms with Gasteiger partial charge in [0.2, 0.25) is 0 Å². The number of nitrogens with two attached hydrogens (primary N) is 1. The van der Waals surface area contributed by atoms with Gasteiger partial charge in [0.15, 0.2) is 0 Å². The van der Waals surface area contributed by atoms with Crippen LogP contribution in [0.5, 0.6) is 0 Å². The first-order chi connectivity index (χ1) is 19.4. The van der Waals surface area contributed by atoms with Gasteiger partial charge in [-0.1, -0.05) is 24.3 Å². The summed E-state index contributed by atoms with van der Waals surface area (Å²) >= 11 is 0. The number of fused-ring (bicyclic) bond motifs is 1. The quantitative estimate of drug-likeness (QED) is 0.187. The Bertz CT molecular complexity index is 1620. The molecule has 4 N–H and O–H groups in total. The SMILES string of the molecule is CC(C)n1cc(-c2ccc(NC(=O)Nc3cccc(C(F)(F)C(F)(F)C(F)(F)C(F)(F)F)c3)cc2)c2c(N)ncnc21. The number of urea groups is 1. The van der Waals surface area contributed by atoms with Crippen LogP contribution in [-0.4, -0.2) is 38.6 Å². The molecule has 0 aliphatic carbocycles. The molecular formula is C26H21F9N6O. The maximum absolute atomic E-state index is 14.3. The van der Waals surface area contributed by atoms with Crippen LogP contribution in [-0.2, 0) is 5.92 Å². The molecule has 0 aliphatic rings. The number of aromatic nitrogens is 3. The van der Waals surface area contributed by atoms with Gasteiger partial charge >= 0.3 is 30.0 Å². The van der Waals surface area contributed by atoms with Gasteiger partial charge in [0.1, 0.15) is 17.8 Å². The fourth-order valence-corrected chi connectivity index (χ4v) is 4.10. The van der Waals surface area contributed by atoms with Gasteiger partial charge < -0.3 is 20.9 Å². The lowest BCUT2D eigenvalue weighted by molar-refractivity contribution is -0.399. The van der Waals surface area contributed by atoms with Gasteiger partial charge in [-0.2, -0.15) is 39.5 Å². The first kappa shape index (κ1) is 30.5. The van der Waals surface area contributed by atoms with Gasteiger partial charge in [-0.3, -0.25) is 0 Å². The first-order valence-electron chi connectivity index (χ1n) is 12.0. The third kappa shape index (κ3) is 5.16. The van der Waals surface area contributed by atoms with E-state index in [4.69, 9.17) is 5.73 Å². The lowest BCUT2D eigenvalue weighted by Gasteiger charge is -2.33. The maximum Gasteiger partial charge on any atom is 0.460 e. The zero-order valence-electron chi connectivity index (χ0n) is 21.6. The Labute approximate surface area is 231 Å². The molecule has 2 aromatic carbocycles. The smallest absolute Gasteiger partial charge is 0.383 e. The number of nitrogens with zero attached hydrogens (tertiary/aromatic N) is 3. The number of halogens is 9. The van der Waals surface area contributed by atoms with E-state index in [1.165, 1.54) is 18.5 Å². The highest BCUT2D eigenvalue weighted by Gasteiger charge is 2.82. The third-order valence-electron chi connectivity index (χ3n) is 6.28. The lowest BCUT2D eigenvalue weighted by Crippen LogP contribution is -2.59. The van der Waals surface area contributed by atoms with E-state index in [2.05, 4.69) is 15.3 Å². The monoisotopic (exact) mass is 604 g/mol. The summed E-state index contributed by atoms with van der Waals surface area (Å²) in [6, 6.07) is 7.25. The van der Waals surface area contributed by atoms with Crippen molar-refractivity contribution in [3.8, 4) is 11.1 Å². The minimum atomic E-state index is -7.04. The number of carbonyl (C=O) groups is 1. The number of amides is 2. The molecule has 4 aromatic rings. The Hall–Kier alpha value is -4.50. The number of rotatable bonds is 7. The molecule has 2 heterocycles. The van der Waals surface area contributed by atoms with Crippen molar-refractivity contribution in [2.45, 2.75) is 43.8 Å². The van der Waals surface area contributed by atoms with E-state index in [0.29, 0.717) is 28.2 Å². The van der Waals surface area contributed by atoms with E-state index in [9.17, 15) is 44.3 Å². The van der Waals surface area contributed by atoms with Crippen molar-refractivity contribution >= 4 is 34.3 Å². The molecule has 0 bridgehead atoms. The number of nitrogen functional groups attached to an aromatic ring is 1. The second kappa shape index (κ2) is 10.4. The van der Waals surface area contributed by atoms with Crippen LogP contribution < -0.4 is 16.4 Å². The van der Waals surface area contributed by atoms with E-state index in [0.717, 1.165) is 6.07 Å². The van der Waals surface area contributed by atoms with Crippen LogP contribution in [0, 0.1) is 0 Å². The number of alkyl halides is 9. The first-order valence-corrected chi connectivity index (χ1v) is 12.0. The van der Waals surface area contributed by atoms with Crippen LogP contribution >= 0.6 is 0 Å². The maximum atomic E-state index is 14.3. The second-order valence-corrected chi connectivity index (χ2v) is 9.46. The summed E-state index contributed by atoms with van der Waals surface area (Å²) in [5, 5.41) is 5.02. The molecule has 0 saturated heterocycles. The van der Waals surface area contributed by atoms with Gasteiger partial charge in [0.05, 0.1) is 5.39 Å². The average Bonchev–Trinajstić information content (AvgIpc) is 3.30. The predicted molar refractivity (Wildman–Crippen MR) is 137 cm³/mol. The van der Waals surface area contributed by atoms with E-state index >= 15 is 0 Å². The van der Waals surface area contributed by atoms with Gasteiger partial charge in [0.25, 0.3) is 0 Å². The molecule has 0 radical (unpaired) electrons. The van der Waals surface area contributed by atoms with Crippen molar-refractivity contribution in [1.29, 1.82) is 0 Å². The predicted octanol–water partition coefficient (Wildman–Crippen LogP) is 7.83. The largest absolute Gasteiger partial charge is 0.460 e. The van der Waals surface area contributed by atoms with Crippen molar-refractivity contribution in [3.05, 3.63) is 66.6 Å². The molecule has 0 fully saturated rings. The number of carbonyl (C=O) groups excluding carboxylic acids is 1. The summed E-state index contributed by atoms with van der Waals surface area (Å²) in [6.45, 7) is 3.90. The Kier molecular flexibility index (Phi) is 7.54. The van der Waals surface area contributed by atoms with Crippen LogP contribution in [0.1, 0.15) is 25.5 Å². The molecule has 0 aliphatic heterocycles. The Morgan fingerprint density at radius 3 is 2.07 bits per heavy atom. The molecule has 42 heavy (non-hydrogen) atoms. The molecule has 0 unspecified atom stereocenters. The van der Waals surface area contributed by atoms with E-state index in [-0.39, 0.29) is 29.7 Å². The zero-order valence-corrected chi connectivity index (χ0v) is 21.6. The van der Waals surface area contributed by atoms with E-state index < -0.39 is 41.2 Å². The number of hydrogen-bond acceptors (Lipinski definition) is 4. The van der Waals surface area contributed by atoms with Crippen molar-refractivity contribution in [1.82, 2.24) is 14.5 Å². The third-order valence-corrected chi connectivity index (χ3v) is 6.28. The zero-order chi connectivity index (χ0) is 31.3. The summed E-state index contributed by atoms with van der Waals surface area (Å²) < 4.78 is 122. The fourth-order valence-electron chi connectivity index (χ4n) is 4.10. The summed E-state index contributed by atoms with van der Waals surface area (Å²) in [6.07, 6.45) is -3.77. The Balaban J connectivity index is 1.52. The molecule has 7 nitrogen and oxygen atoms in total. The minimum Gasteiger partial charge on any atom is -0.383 e. The van der Waals surface area contributed by atoms with Crippen molar-refractivity contribution < 1.29 is 44.3 Å². The molecule has 0 atom stereocenters. The molecule has 0 spiro atoms. The normalized spacial score (nSPS) is 13.0.